The van der Waals surface area contributed by atoms with Gasteiger partial charge in [-0.25, -0.2) is 9.97 Å². The molecule has 0 radical (unpaired) electrons. The van der Waals surface area contributed by atoms with Gasteiger partial charge in [0, 0.05) is 30.8 Å². The molecular formula is C17H21N3O2S. The molecular weight excluding hydrogens is 310 g/mol. The number of hydrogen-bond acceptors (Lipinski definition) is 5. The van der Waals surface area contributed by atoms with Crippen molar-refractivity contribution in [3.63, 3.8) is 0 Å². The number of likely N-dealkylation sites (tertiary alicyclic amines) is 1. The van der Waals surface area contributed by atoms with Gasteiger partial charge in [-0.3, -0.25) is 4.79 Å². The minimum absolute atomic E-state index is 0.0348. The van der Waals surface area contributed by atoms with Gasteiger partial charge in [-0.05, 0) is 42.2 Å². The van der Waals surface area contributed by atoms with Crippen LogP contribution in [0.25, 0.3) is 0 Å². The van der Waals surface area contributed by atoms with Gasteiger partial charge in [-0.15, -0.1) is 0 Å². The minimum atomic E-state index is -0.0348. The first-order valence-corrected chi connectivity index (χ1v) is 8.83. The maximum absolute atomic E-state index is 12.4. The summed E-state index contributed by atoms with van der Waals surface area (Å²) in [4.78, 5) is 23.0. The molecule has 23 heavy (non-hydrogen) atoms. The van der Waals surface area contributed by atoms with Crippen molar-refractivity contribution < 1.29 is 9.90 Å². The van der Waals surface area contributed by atoms with Crippen LogP contribution >= 0.6 is 11.3 Å². The highest BCUT2D eigenvalue weighted by molar-refractivity contribution is 7.07. The van der Waals surface area contributed by atoms with E-state index in [1.54, 1.807) is 17.5 Å². The van der Waals surface area contributed by atoms with Crippen molar-refractivity contribution >= 4 is 17.2 Å². The molecule has 1 saturated heterocycles. The van der Waals surface area contributed by atoms with Gasteiger partial charge in [0.05, 0.1) is 18.7 Å². The molecule has 0 saturated carbocycles. The van der Waals surface area contributed by atoms with Gasteiger partial charge in [-0.2, -0.15) is 11.3 Å². The van der Waals surface area contributed by atoms with Gasteiger partial charge in [0.25, 0.3) is 0 Å². The number of carbonyl (C=O) groups excluding carboxylic acids is 1. The summed E-state index contributed by atoms with van der Waals surface area (Å²) in [5.74, 6) is 1.22. The molecule has 2 aromatic rings. The van der Waals surface area contributed by atoms with Gasteiger partial charge in [0.1, 0.15) is 5.82 Å². The van der Waals surface area contributed by atoms with Crippen LogP contribution in [0, 0.1) is 6.92 Å². The first kappa shape index (κ1) is 16.1. The van der Waals surface area contributed by atoms with E-state index in [-0.39, 0.29) is 12.5 Å². The maximum Gasteiger partial charge on any atom is 0.227 e. The highest BCUT2D eigenvalue weighted by atomic mass is 32.1. The van der Waals surface area contributed by atoms with Crippen molar-refractivity contribution in [1.29, 1.82) is 0 Å². The van der Waals surface area contributed by atoms with Crippen molar-refractivity contribution in [2.45, 2.75) is 38.7 Å². The summed E-state index contributed by atoms with van der Waals surface area (Å²) in [5, 5.41) is 13.5. The van der Waals surface area contributed by atoms with Crippen molar-refractivity contribution in [3.05, 3.63) is 45.7 Å². The summed E-state index contributed by atoms with van der Waals surface area (Å²) in [6.07, 6.45) is 3.98. The summed E-state index contributed by atoms with van der Waals surface area (Å²) in [5.41, 5.74) is 2.85. The molecule has 3 heterocycles. The first-order chi connectivity index (χ1) is 11.2. The van der Waals surface area contributed by atoms with Gasteiger partial charge < -0.3 is 10.0 Å². The second-order valence-electron chi connectivity index (χ2n) is 5.95. The van der Waals surface area contributed by atoms with Crippen LogP contribution in [0.3, 0.4) is 0 Å². The molecule has 1 N–H and O–H groups in total. The Morgan fingerprint density at radius 2 is 2.22 bits per heavy atom. The number of aryl methyl sites for hydroxylation is 1. The Hall–Kier alpha value is -1.79. The Morgan fingerprint density at radius 3 is 2.87 bits per heavy atom. The zero-order valence-corrected chi connectivity index (χ0v) is 14.1. The van der Waals surface area contributed by atoms with E-state index in [1.165, 1.54) is 0 Å². The molecule has 2 aromatic heterocycles. The molecule has 0 spiro atoms. The number of aromatic nitrogens is 2. The highest BCUT2D eigenvalue weighted by Gasteiger charge is 2.26. The van der Waals surface area contributed by atoms with Crippen molar-refractivity contribution in [2.75, 3.05) is 13.1 Å². The first-order valence-electron chi connectivity index (χ1n) is 7.89. The van der Waals surface area contributed by atoms with Crippen LogP contribution in [0.1, 0.15) is 41.4 Å². The molecule has 3 rings (SSSR count). The summed E-state index contributed by atoms with van der Waals surface area (Å²) in [6.45, 7) is 3.33. The Labute approximate surface area is 140 Å². The van der Waals surface area contributed by atoms with Crippen LogP contribution in [-0.2, 0) is 17.8 Å². The highest BCUT2D eigenvalue weighted by Crippen LogP contribution is 2.29. The normalized spacial score (nSPS) is 15.8. The van der Waals surface area contributed by atoms with Gasteiger partial charge in [0.15, 0.2) is 0 Å². The predicted molar refractivity (Wildman–Crippen MR) is 89.3 cm³/mol. The zero-order chi connectivity index (χ0) is 16.2. The van der Waals surface area contributed by atoms with E-state index in [0.717, 1.165) is 48.6 Å². The van der Waals surface area contributed by atoms with E-state index < -0.39 is 0 Å². The lowest BCUT2D eigenvalue weighted by molar-refractivity contribution is -0.131. The van der Waals surface area contributed by atoms with E-state index in [0.29, 0.717) is 12.3 Å². The third-order valence-electron chi connectivity index (χ3n) is 4.36. The predicted octanol–water partition coefficient (Wildman–Crippen LogP) is 2.29. The van der Waals surface area contributed by atoms with Crippen molar-refractivity contribution in [3.8, 4) is 0 Å². The molecule has 6 heteroatoms. The Morgan fingerprint density at radius 1 is 1.43 bits per heavy atom. The number of amides is 1. The number of rotatable bonds is 4. The van der Waals surface area contributed by atoms with Crippen LogP contribution < -0.4 is 0 Å². The Bertz CT molecular complexity index is 664. The number of aliphatic hydroxyl groups excluding tert-OH is 1. The minimum Gasteiger partial charge on any atom is -0.392 e. The molecule has 122 valence electrons. The zero-order valence-electron chi connectivity index (χ0n) is 13.2. The SMILES string of the molecule is Cc1ncc(CO)c(C2CCN(C(=O)Cc3ccsc3)CC2)n1. The average molecular weight is 331 g/mol. The number of nitrogens with zero attached hydrogens (tertiary/aromatic N) is 3. The molecule has 0 unspecified atom stereocenters. The number of carbonyl (C=O) groups is 1. The van der Waals surface area contributed by atoms with E-state index in [2.05, 4.69) is 9.97 Å². The standard InChI is InChI=1S/C17H21N3O2S/c1-12-18-9-15(10-21)17(19-12)14-2-5-20(6-3-14)16(22)8-13-4-7-23-11-13/h4,7,9,11,14,21H,2-3,5-6,8,10H2,1H3. The third-order valence-corrected chi connectivity index (χ3v) is 5.09. The molecule has 1 amide bonds. The number of piperidine rings is 1. The summed E-state index contributed by atoms with van der Waals surface area (Å²) in [7, 11) is 0. The summed E-state index contributed by atoms with van der Waals surface area (Å²) in [6, 6.07) is 2.01. The topological polar surface area (TPSA) is 66.3 Å². The number of aliphatic hydroxyl groups is 1. The summed E-state index contributed by atoms with van der Waals surface area (Å²) < 4.78 is 0. The number of hydrogen-bond donors (Lipinski definition) is 1. The second kappa shape index (κ2) is 7.19. The summed E-state index contributed by atoms with van der Waals surface area (Å²) >= 11 is 1.62. The fourth-order valence-electron chi connectivity index (χ4n) is 3.07. The van der Waals surface area contributed by atoms with E-state index in [4.69, 9.17) is 0 Å². The molecule has 0 aliphatic carbocycles. The molecule has 1 fully saturated rings. The number of thiophene rings is 1. The lowest BCUT2D eigenvalue weighted by atomic mass is 9.90. The quantitative estimate of drug-likeness (QED) is 0.933. The van der Waals surface area contributed by atoms with Gasteiger partial charge in [-0.1, -0.05) is 0 Å². The Kier molecular flexibility index (Phi) is 5.03. The third kappa shape index (κ3) is 3.76. The largest absolute Gasteiger partial charge is 0.392 e. The fraction of sp³-hybridized carbons (Fsp3) is 0.471. The van der Waals surface area contributed by atoms with E-state index in [1.807, 2.05) is 28.7 Å². The maximum atomic E-state index is 12.4. The molecule has 0 atom stereocenters. The monoisotopic (exact) mass is 331 g/mol. The van der Waals surface area contributed by atoms with Gasteiger partial charge in [0.2, 0.25) is 5.91 Å². The van der Waals surface area contributed by atoms with Crippen molar-refractivity contribution in [1.82, 2.24) is 14.9 Å². The second-order valence-corrected chi connectivity index (χ2v) is 6.73. The average Bonchev–Trinajstić information content (AvgIpc) is 3.08. The Balaban J connectivity index is 1.62. The smallest absolute Gasteiger partial charge is 0.227 e. The molecule has 5 nitrogen and oxygen atoms in total. The lowest BCUT2D eigenvalue weighted by Gasteiger charge is -2.32. The lowest BCUT2D eigenvalue weighted by Crippen LogP contribution is -2.39. The van der Waals surface area contributed by atoms with E-state index in [9.17, 15) is 9.90 Å². The van der Waals surface area contributed by atoms with Crippen LogP contribution in [-0.4, -0.2) is 39.0 Å². The van der Waals surface area contributed by atoms with Crippen LogP contribution in [0.15, 0.2) is 23.0 Å². The van der Waals surface area contributed by atoms with Gasteiger partial charge >= 0.3 is 0 Å². The molecule has 0 aromatic carbocycles. The van der Waals surface area contributed by atoms with Crippen LogP contribution in [0.4, 0.5) is 0 Å². The van der Waals surface area contributed by atoms with E-state index >= 15 is 0 Å². The molecule has 1 aliphatic heterocycles. The fourth-order valence-corrected chi connectivity index (χ4v) is 3.74. The molecule has 1 aliphatic rings. The van der Waals surface area contributed by atoms with Crippen LogP contribution in [0.5, 0.6) is 0 Å². The van der Waals surface area contributed by atoms with Crippen LogP contribution in [0.2, 0.25) is 0 Å². The van der Waals surface area contributed by atoms with Crippen molar-refractivity contribution in [2.24, 2.45) is 0 Å². The molecule has 0 bridgehead atoms.